The van der Waals surface area contributed by atoms with Crippen molar-refractivity contribution in [1.82, 2.24) is 15.5 Å². The van der Waals surface area contributed by atoms with Crippen LogP contribution in [0, 0.1) is 0 Å². The van der Waals surface area contributed by atoms with E-state index in [2.05, 4.69) is 50.2 Å². The number of rotatable bonds is 7. The molecule has 0 aliphatic carbocycles. The number of amides is 1. The molecule has 0 saturated carbocycles. The molecule has 118 valence electrons. The van der Waals surface area contributed by atoms with Crippen molar-refractivity contribution in [3.05, 3.63) is 0 Å². The van der Waals surface area contributed by atoms with Crippen LogP contribution in [-0.4, -0.2) is 48.1 Å². The molecule has 20 heavy (non-hydrogen) atoms. The van der Waals surface area contributed by atoms with Crippen molar-refractivity contribution in [1.29, 1.82) is 0 Å². The second-order valence-electron chi connectivity index (χ2n) is 6.96. The molecule has 1 aliphatic rings. The molecule has 1 rings (SSSR count). The van der Waals surface area contributed by atoms with E-state index in [4.69, 9.17) is 0 Å². The Balaban J connectivity index is 2.47. The maximum Gasteiger partial charge on any atom is 0.234 e. The first-order valence-electron chi connectivity index (χ1n) is 8.12. The van der Waals surface area contributed by atoms with Crippen molar-refractivity contribution in [3.8, 4) is 0 Å². The fourth-order valence-corrected chi connectivity index (χ4v) is 2.51. The highest BCUT2D eigenvalue weighted by Crippen LogP contribution is 2.11. The van der Waals surface area contributed by atoms with Gasteiger partial charge in [-0.2, -0.15) is 0 Å². The van der Waals surface area contributed by atoms with Crippen LogP contribution in [0.5, 0.6) is 0 Å². The average molecular weight is 283 g/mol. The summed E-state index contributed by atoms with van der Waals surface area (Å²) in [5, 5.41) is 6.69. The molecular weight excluding hydrogens is 250 g/mol. The van der Waals surface area contributed by atoms with Gasteiger partial charge in [0.05, 0.1) is 6.54 Å². The molecule has 4 heteroatoms. The van der Waals surface area contributed by atoms with E-state index < -0.39 is 0 Å². The maximum atomic E-state index is 12.2. The van der Waals surface area contributed by atoms with Crippen LogP contribution in [0.4, 0.5) is 0 Å². The second kappa shape index (κ2) is 7.99. The number of carbonyl (C=O) groups is 1. The summed E-state index contributed by atoms with van der Waals surface area (Å²) in [6, 6.07) is 0.937. The lowest BCUT2D eigenvalue weighted by atomic mass is 10.0. The van der Waals surface area contributed by atoms with Gasteiger partial charge >= 0.3 is 0 Å². The number of nitrogens with zero attached hydrogens (tertiary/aromatic N) is 1. The highest BCUT2D eigenvalue weighted by Gasteiger charge is 2.23. The van der Waals surface area contributed by atoms with Crippen LogP contribution in [-0.2, 0) is 4.79 Å². The van der Waals surface area contributed by atoms with E-state index in [-0.39, 0.29) is 11.4 Å². The van der Waals surface area contributed by atoms with Gasteiger partial charge in [0.1, 0.15) is 0 Å². The summed E-state index contributed by atoms with van der Waals surface area (Å²) < 4.78 is 0. The first kappa shape index (κ1) is 17.4. The van der Waals surface area contributed by atoms with E-state index in [0.717, 1.165) is 19.5 Å². The van der Waals surface area contributed by atoms with Crippen LogP contribution < -0.4 is 10.6 Å². The highest BCUT2D eigenvalue weighted by atomic mass is 16.2. The molecule has 1 fully saturated rings. The Hall–Kier alpha value is -0.610. The molecule has 1 saturated heterocycles. The second-order valence-corrected chi connectivity index (χ2v) is 6.96. The van der Waals surface area contributed by atoms with Crippen molar-refractivity contribution in [3.63, 3.8) is 0 Å². The van der Waals surface area contributed by atoms with Crippen LogP contribution in [0.1, 0.15) is 60.3 Å². The summed E-state index contributed by atoms with van der Waals surface area (Å²) in [5.74, 6) is 0.140. The maximum absolute atomic E-state index is 12.2. The monoisotopic (exact) mass is 283 g/mol. The summed E-state index contributed by atoms with van der Waals surface area (Å²) >= 11 is 0. The Morgan fingerprint density at radius 2 is 2.10 bits per heavy atom. The molecule has 1 amide bonds. The molecule has 0 aromatic rings. The predicted molar refractivity (Wildman–Crippen MR) is 84.9 cm³/mol. The van der Waals surface area contributed by atoms with E-state index in [1.807, 2.05) is 0 Å². The standard InChI is InChI=1S/C16H33N3O/c1-6-16(4,5)18-15(20)12-19(13(2)3)11-14-9-7-8-10-17-14/h13-14,17H,6-12H2,1-5H3,(H,18,20). The normalized spacial score (nSPS) is 20.4. The predicted octanol–water partition coefficient (Wildman–Crippen LogP) is 2.14. The summed E-state index contributed by atoms with van der Waals surface area (Å²) in [6.07, 6.45) is 4.76. The molecule has 0 aromatic heterocycles. The van der Waals surface area contributed by atoms with E-state index in [0.29, 0.717) is 18.6 Å². The minimum atomic E-state index is -0.108. The smallest absolute Gasteiger partial charge is 0.234 e. The molecule has 2 N–H and O–H groups in total. The van der Waals surface area contributed by atoms with Gasteiger partial charge in [0, 0.05) is 24.2 Å². The van der Waals surface area contributed by atoms with Gasteiger partial charge in [-0.25, -0.2) is 0 Å². The first-order valence-corrected chi connectivity index (χ1v) is 8.12. The summed E-state index contributed by atoms with van der Waals surface area (Å²) in [5.41, 5.74) is -0.108. The molecule has 1 atom stereocenters. The van der Waals surface area contributed by atoms with Crippen molar-refractivity contribution in [2.75, 3.05) is 19.6 Å². The number of nitrogens with one attached hydrogen (secondary N) is 2. The van der Waals surface area contributed by atoms with Crippen molar-refractivity contribution < 1.29 is 4.79 Å². The van der Waals surface area contributed by atoms with E-state index in [9.17, 15) is 4.79 Å². The van der Waals surface area contributed by atoms with Crippen LogP contribution in [0.25, 0.3) is 0 Å². The number of hydrogen-bond acceptors (Lipinski definition) is 3. The molecule has 1 heterocycles. The van der Waals surface area contributed by atoms with Crippen molar-refractivity contribution in [2.24, 2.45) is 0 Å². The van der Waals surface area contributed by atoms with Crippen LogP contribution >= 0.6 is 0 Å². The lowest BCUT2D eigenvalue weighted by Gasteiger charge is -2.34. The molecule has 1 unspecified atom stereocenters. The fraction of sp³-hybridized carbons (Fsp3) is 0.938. The molecule has 0 radical (unpaired) electrons. The Bertz CT molecular complexity index is 296. The molecule has 0 spiro atoms. The largest absolute Gasteiger partial charge is 0.350 e. The Labute approximate surface area is 124 Å². The van der Waals surface area contributed by atoms with Gasteiger partial charge in [0.25, 0.3) is 0 Å². The SMILES string of the molecule is CCC(C)(C)NC(=O)CN(CC1CCCCN1)C(C)C. The molecule has 1 aliphatic heterocycles. The first-order chi connectivity index (χ1) is 9.34. The highest BCUT2D eigenvalue weighted by molar-refractivity contribution is 5.78. The van der Waals surface area contributed by atoms with E-state index in [1.54, 1.807) is 0 Å². The third-order valence-corrected chi connectivity index (χ3v) is 4.31. The van der Waals surface area contributed by atoms with Gasteiger partial charge in [0.15, 0.2) is 0 Å². The van der Waals surface area contributed by atoms with Gasteiger partial charge in [0.2, 0.25) is 5.91 Å². The van der Waals surface area contributed by atoms with Gasteiger partial charge in [-0.05, 0) is 53.5 Å². The summed E-state index contributed by atoms with van der Waals surface area (Å²) in [4.78, 5) is 14.5. The third kappa shape index (κ3) is 6.23. The molecule has 0 bridgehead atoms. The minimum Gasteiger partial charge on any atom is -0.350 e. The van der Waals surface area contributed by atoms with Gasteiger partial charge in [-0.1, -0.05) is 13.3 Å². The zero-order valence-electron chi connectivity index (χ0n) is 14.0. The van der Waals surface area contributed by atoms with Gasteiger partial charge < -0.3 is 10.6 Å². The quantitative estimate of drug-likeness (QED) is 0.752. The van der Waals surface area contributed by atoms with Gasteiger partial charge in [-0.15, -0.1) is 0 Å². The number of carbonyl (C=O) groups excluding carboxylic acids is 1. The Kier molecular flexibility index (Phi) is 6.96. The van der Waals surface area contributed by atoms with E-state index in [1.165, 1.54) is 19.3 Å². The van der Waals surface area contributed by atoms with Crippen LogP contribution in [0.15, 0.2) is 0 Å². The van der Waals surface area contributed by atoms with Crippen molar-refractivity contribution in [2.45, 2.75) is 77.9 Å². The lowest BCUT2D eigenvalue weighted by molar-refractivity contribution is -0.124. The van der Waals surface area contributed by atoms with Gasteiger partial charge in [-0.3, -0.25) is 9.69 Å². The minimum absolute atomic E-state index is 0.108. The van der Waals surface area contributed by atoms with E-state index >= 15 is 0 Å². The zero-order chi connectivity index (χ0) is 15.2. The Morgan fingerprint density at radius 3 is 2.60 bits per heavy atom. The van der Waals surface area contributed by atoms with Crippen molar-refractivity contribution >= 4 is 5.91 Å². The topological polar surface area (TPSA) is 44.4 Å². The van der Waals surface area contributed by atoms with Crippen LogP contribution in [0.2, 0.25) is 0 Å². The van der Waals surface area contributed by atoms with Crippen LogP contribution in [0.3, 0.4) is 0 Å². The lowest BCUT2D eigenvalue weighted by Crippen LogP contribution is -2.52. The third-order valence-electron chi connectivity index (χ3n) is 4.31. The fourth-order valence-electron chi connectivity index (χ4n) is 2.51. The summed E-state index contributed by atoms with van der Waals surface area (Å²) in [6.45, 7) is 13.2. The number of piperidine rings is 1. The molecule has 0 aromatic carbocycles. The number of hydrogen-bond donors (Lipinski definition) is 2. The summed E-state index contributed by atoms with van der Waals surface area (Å²) in [7, 11) is 0. The zero-order valence-corrected chi connectivity index (χ0v) is 14.0. The molecule has 4 nitrogen and oxygen atoms in total. The molecular formula is C16H33N3O. The Morgan fingerprint density at radius 1 is 1.40 bits per heavy atom. The average Bonchev–Trinajstić information content (AvgIpc) is 2.38.